The van der Waals surface area contributed by atoms with Crippen LogP contribution in [0.15, 0.2) is 261 Å². The van der Waals surface area contributed by atoms with E-state index >= 15 is 0 Å². The molecule has 0 spiro atoms. The van der Waals surface area contributed by atoms with Crippen LogP contribution in [0.1, 0.15) is 0 Å². The highest BCUT2D eigenvalue weighted by molar-refractivity contribution is 6.21. The molecule has 74 heavy (non-hydrogen) atoms. The topological polar surface area (TPSA) is 58.4 Å². The fourth-order valence-corrected chi connectivity index (χ4v) is 11.3. The number of fused-ring (bicyclic) bond motifs is 10. The van der Waals surface area contributed by atoms with E-state index in [-0.39, 0.29) is 0 Å². The minimum absolute atomic E-state index is 0.612. The zero-order chi connectivity index (χ0) is 48.7. The van der Waals surface area contributed by atoms with E-state index in [0.717, 1.165) is 78.0 Å². The van der Waals surface area contributed by atoms with Gasteiger partial charge >= 0.3 is 0 Å². The molecule has 7 nitrogen and oxygen atoms in total. The molecular weight excluding hydrogens is 903 g/mol. The monoisotopic (exact) mass is 945 g/mol. The van der Waals surface area contributed by atoms with Crippen LogP contribution < -0.4 is 0 Å². The summed E-state index contributed by atoms with van der Waals surface area (Å²) in [5.41, 5.74) is 16.4. The molecule has 0 saturated heterocycles. The lowest BCUT2D eigenvalue weighted by Crippen LogP contribution is -2.01. The lowest BCUT2D eigenvalue weighted by Gasteiger charge is -2.12. The zero-order valence-corrected chi connectivity index (χ0v) is 40.0. The van der Waals surface area contributed by atoms with Crippen molar-refractivity contribution in [2.45, 2.75) is 0 Å². The second kappa shape index (κ2) is 16.8. The number of hydrogen-bond acceptors (Lipinski definition) is 3. The maximum absolute atomic E-state index is 5.13. The molecule has 15 aromatic rings. The summed E-state index contributed by atoms with van der Waals surface area (Å²) in [6.45, 7) is 0. The molecule has 0 aliphatic heterocycles. The third kappa shape index (κ3) is 6.64. The van der Waals surface area contributed by atoms with Crippen molar-refractivity contribution in [3.63, 3.8) is 0 Å². The molecule has 0 radical (unpaired) electrons. The summed E-state index contributed by atoms with van der Waals surface area (Å²) >= 11 is 0. The molecular formula is C67H43N7. The van der Waals surface area contributed by atoms with Gasteiger partial charge in [-0.15, -0.1) is 0 Å². The Balaban J connectivity index is 0.938. The van der Waals surface area contributed by atoms with Gasteiger partial charge in [0.2, 0.25) is 0 Å². The van der Waals surface area contributed by atoms with Crippen LogP contribution in [0.5, 0.6) is 0 Å². The van der Waals surface area contributed by atoms with E-state index in [1.54, 1.807) is 0 Å². The predicted molar refractivity (Wildman–Crippen MR) is 304 cm³/mol. The number of hydrogen-bond donors (Lipinski definition) is 0. The quantitative estimate of drug-likeness (QED) is 0.152. The number of para-hydroxylation sites is 3. The molecule has 7 heteroatoms. The van der Waals surface area contributed by atoms with E-state index in [1.165, 1.54) is 38.0 Å². The Hall–Kier alpha value is -10.1. The fourth-order valence-electron chi connectivity index (χ4n) is 11.3. The number of rotatable bonds is 8. The van der Waals surface area contributed by atoms with Gasteiger partial charge in [-0.05, 0) is 102 Å². The smallest absolute Gasteiger partial charge is 0.164 e. The molecule has 0 aliphatic carbocycles. The van der Waals surface area contributed by atoms with Gasteiger partial charge in [0.05, 0.1) is 33.1 Å². The highest BCUT2D eigenvalue weighted by Crippen LogP contribution is 2.43. The van der Waals surface area contributed by atoms with Crippen LogP contribution in [0.3, 0.4) is 0 Å². The molecule has 0 unspecified atom stereocenters. The largest absolute Gasteiger partial charge is 0.316 e. The molecule has 10 aromatic carbocycles. The van der Waals surface area contributed by atoms with Gasteiger partial charge in [0.15, 0.2) is 17.5 Å². The maximum atomic E-state index is 5.13. The normalized spacial score (nSPS) is 11.8. The number of nitrogens with zero attached hydrogens (tertiary/aromatic N) is 7. The molecule has 0 aliphatic rings. The first-order valence-corrected chi connectivity index (χ1v) is 25.0. The summed E-state index contributed by atoms with van der Waals surface area (Å²) in [4.78, 5) is 15.2. The Kier molecular flexibility index (Phi) is 9.43. The summed E-state index contributed by atoms with van der Waals surface area (Å²) in [6, 6.07) is 88.5. The van der Waals surface area contributed by atoms with Crippen LogP contribution in [-0.2, 0) is 0 Å². The van der Waals surface area contributed by atoms with Gasteiger partial charge in [-0.3, -0.25) is 0 Å². The lowest BCUT2D eigenvalue weighted by atomic mass is 10.00. The summed E-state index contributed by atoms with van der Waals surface area (Å²) in [5.74, 6) is 1.87. The zero-order valence-electron chi connectivity index (χ0n) is 40.0. The third-order valence-electron chi connectivity index (χ3n) is 14.7. The first-order valence-electron chi connectivity index (χ1n) is 25.0. The van der Waals surface area contributed by atoms with Crippen LogP contribution in [0.25, 0.3) is 133 Å². The molecule has 0 N–H and O–H groups in total. The van der Waals surface area contributed by atoms with Gasteiger partial charge in [0, 0.05) is 84.2 Å². The summed E-state index contributed by atoms with van der Waals surface area (Å²) in [7, 11) is 0. The van der Waals surface area contributed by atoms with Crippen LogP contribution in [-0.4, -0.2) is 33.2 Å². The average molecular weight is 946 g/mol. The van der Waals surface area contributed by atoms with Crippen molar-refractivity contribution in [1.29, 1.82) is 0 Å². The van der Waals surface area contributed by atoms with E-state index < -0.39 is 0 Å². The van der Waals surface area contributed by atoms with E-state index in [2.05, 4.69) is 219 Å². The molecule has 346 valence electrons. The van der Waals surface area contributed by atoms with Crippen LogP contribution >= 0.6 is 0 Å². The number of benzene rings is 10. The van der Waals surface area contributed by atoms with Crippen molar-refractivity contribution in [3.05, 3.63) is 261 Å². The molecule has 5 aromatic heterocycles. The average Bonchev–Trinajstić information content (AvgIpc) is 4.32. The standard InChI is InChI=1S/C67H43N7/c1-6-17-45(18-7-1)65-68-66(46-19-8-2-9-20-46)70-67(69-65)49-21-16-28-53(41-49)74-61-35-31-47(42-57(61)54-33-36-59-56(63(54)74)38-40-71(59)50-22-10-3-11-23-50)48-30-34-60-58(43-48)55-32-29-44-37-39-72(51-24-12-4-13-25-51)62(44)64(55)73(60)52-26-14-5-15-27-52/h1-43H. The van der Waals surface area contributed by atoms with Gasteiger partial charge < -0.3 is 18.3 Å². The SMILES string of the molecule is c1ccc(-c2nc(-c3ccccc3)nc(-c3cccc(-n4c5ccc(-c6ccc7c(c6)c6ccc8ccn(-c9ccccc9)c8c6n7-c6ccccc6)cc5c5ccc6c(ccn6-c6ccccc6)c54)c3)n2)cc1. The van der Waals surface area contributed by atoms with Crippen molar-refractivity contribution >= 4 is 65.4 Å². The van der Waals surface area contributed by atoms with E-state index in [4.69, 9.17) is 15.0 Å². The molecule has 0 bridgehead atoms. The Bertz CT molecular complexity index is 4570. The second-order valence-electron chi connectivity index (χ2n) is 18.9. The Morgan fingerprint density at radius 3 is 1.31 bits per heavy atom. The highest BCUT2D eigenvalue weighted by Gasteiger charge is 2.22. The molecule has 5 heterocycles. The van der Waals surface area contributed by atoms with Crippen LogP contribution in [0.2, 0.25) is 0 Å². The third-order valence-corrected chi connectivity index (χ3v) is 14.7. The first kappa shape index (κ1) is 41.7. The number of aromatic nitrogens is 7. The van der Waals surface area contributed by atoms with Gasteiger partial charge in [0.25, 0.3) is 0 Å². The van der Waals surface area contributed by atoms with E-state index in [1.807, 2.05) is 60.7 Å². The second-order valence-corrected chi connectivity index (χ2v) is 18.9. The minimum Gasteiger partial charge on any atom is -0.316 e. The summed E-state index contributed by atoms with van der Waals surface area (Å²) in [5, 5.41) is 7.12. The lowest BCUT2D eigenvalue weighted by molar-refractivity contribution is 1.07. The predicted octanol–water partition coefficient (Wildman–Crippen LogP) is 16.6. The van der Waals surface area contributed by atoms with Gasteiger partial charge in [0.1, 0.15) is 0 Å². The Labute approximate surface area is 425 Å². The summed E-state index contributed by atoms with van der Waals surface area (Å²) in [6.07, 6.45) is 4.39. The van der Waals surface area contributed by atoms with E-state index in [9.17, 15) is 0 Å². The minimum atomic E-state index is 0.612. The van der Waals surface area contributed by atoms with Crippen molar-refractivity contribution in [3.8, 4) is 68.0 Å². The first-order chi connectivity index (χ1) is 36.7. The van der Waals surface area contributed by atoms with Crippen molar-refractivity contribution in [1.82, 2.24) is 33.2 Å². The molecule has 0 atom stereocenters. The molecule has 0 fully saturated rings. The van der Waals surface area contributed by atoms with Crippen molar-refractivity contribution < 1.29 is 0 Å². The van der Waals surface area contributed by atoms with Crippen molar-refractivity contribution in [2.24, 2.45) is 0 Å². The van der Waals surface area contributed by atoms with Crippen LogP contribution in [0.4, 0.5) is 0 Å². The molecule has 0 amide bonds. The van der Waals surface area contributed by atoms with Crippen LogP contribution in [0, 0.1) is 0 Å². The maximum Gasteiger partial charge on any atom is 0.164 e. The Morgan fingerprint density at radius 2 is 0.703 bits per heavy atom. The fraction of sp³-hybridized carbons (Fsp3) is 0. The van der Waals surface area contributed by atoms with Gasteiger partial charge in [-0.2, -0.15) is 0 Å². The van der Waals surface area contributed by atoms with Gasteiger partial charge in [-0.25, -0.2) is 15.0 Å². The summed E-state index contributed by atoms with van der Waals surface area (Å²) < 4.78 is 9.48. The van der Waals surface area contributed by atoms with Gasteiger partial charge in [-0.1, -0.05) is 158 Å². The van der Waals surface area contributed by atoms with Crippen molar-refractivity contribution in [2.75, 3.05) is 0 Å². The Morgan fingerprint density at radius 1 is 0.243 bits per heavy atom. The highest BCUT2D eigenvalue weighted by atomic mass is 15.1. The molecule has 15 rings (SSSR count). The van der Waals surface area contributed by atoms with E-state index in [0.29, 0.717) is 17.5 Å². The molecule has 0 saturated carbocycles.